The molecule has 8 heteroatoms. The van der Waals surface area contributed by atoms with Gasteiger partial charge in [0.05, 0.1) is 5.02 Å². The van der Waals surface area contributed by atoms with E-state index in [-0.39, 0.29) is 15.8 Å². The highest BCUT2D eigenvalue weighted by Gasteiger charge is 2.25. The van der Waals surface area contributed by atoms with E-state index < -0.39 is 10.0 Å². The van der Waals surface area contributed by atoms with Crippen LogP contribution in [0.15, 0.2) is 23.1 Å². The summed E-state index contributed by atoms with van der Waals surface area (Å²) in [7, 11) is 1.19. The van der Waals surface area contributed by atoms with Gasteiger partial charge in [-0.25, -0.2) is 12.7 Å². The third-order valence-corrected chi connectivity index (χ3v) is 6.02. The zero-order valence-electron chi connectivity index (χ0n) is 12.9. The van der Waals surface area contributed by atoms with Gasteiger partial charge in [-0.2, -0.15) is 0 Å². The summed E-state index contributed by atoms with van der Waals surface area (Å²) in [4.78, 5) is 16.4. The molecular weight excluding hydrogens is 326 g/mol. The van der Waals surface area contributed by atoms with Crippen molar-refractivity contribution in [2.24, 2.45) is 0 Å². The Morgan fingerprint density at radius 1 is 1.18 bits per heavy atom. The molecule has 1 saturated heterocycles. The van der Waals surface area contributed by atoms with Gasteiger partial charge in [-0.15, -0.1) is 0 Å². The van der Waals surface area contributed by atoms with Crippen LogP contribution in [-0.2, 0) is 10.0 Å². The molecule has 0 bridgehead atoms. The van der Waals surface area contributed by atoms with E-state index in [1.165, 1.54) is 26.2 Å². The van der Waals surface area contributed by atoms with Gasteiger partial charge >= 0.3 is 0 Å². The van der Waals surface area contributed by atoms with E-state index in [2.05, 4.69) is 4.90 Å². The van der Waals surface area contributed by atoms with Crippen molar-refractivity contribution >= 4 is 27.5 Å². The third kappa shape index (κ3) is 3.43. The van der Waals surface area contributed by atoms with Gasteiger partial charge in [0.25, 0.3) is 5.91 Å². The van der Waals surface area contributed by atoms with E-state index >= 15 is 0 Å². The van der Waals surface area contributed by atoms with Crippen molar-refractivity contribution in [1.82, 2.24) is 14.1 Å². The van der Waals surface area contributed by atoms with Gasteiger partial charge in [0.2, 0.25) is 10.0 Å². The second-order valence-corrected chi connectivity index (χ2v) is 8.06. The minimum Gasteiger partial charge on any atom is -0.336 e. The second kappa shape index (κ2) is 6.54. The molecule has 0 saturated carbocycles. The molecule has 0 radical (unpaired) electrons. The molecule has 1 amide bonds. The number of hydrogen-bond acceptors (Lipinski definition) is 4. The van der Waals surface area contributed by atoms with Crippen LogP contribution in [0.3, 0.4) is 0 Å². The molecule has 0 aromatic heterocycles. The van der Waals surface area contributed by atoms with Crippen molar-refractivity contribution in [3.63, 3.8) is 0 Å². The minimum absolute atomic E-state index is 0.0425. The monoisotopic (exact) mass is 345 g/mol. The summed E-state index contributed by atoms with van der Waals surface area (Å²) in [6.45, 7) is 2.88. The number of amides is 1. The highest BCUT2D eigenvalue weighted by Crippen LogP contribution is 2.25. The largest absolute Gasteiger partial charge is 0.336 e. The Hall–Kier alpha value is -1.15. The van der Waals surface area contributed by atoms with E-state index in [9.17, 15) is 13.2 Å². The zero-order chi connectivity index (χ0) is 16.5. The molecule has 1 aliphatic heterocycles. The fraction of sp³-hybridized carbons (Fsp3) is 0.500. The van der Waals surface area contributed by atoms with Crippen molar-refractivity contribution in [2.75, 3.05) is 47.3 Å². The zero-order valence-corrected chi connectivity index (χ0v) is 14.5. The van der Waals surface area contributed by atoms with Gasteiger partial charge in [-0.1, -0.05) is 11.6 Å². The van der Waals surface area contributed by atoms with E-state index in [1.54, 1.807) is 11.0 Å². The number of rotatable bonds is 3. The van der Waals surface area contributed by atoms with Gasteiger partial charge in [-0.3, -0.25) is 4.79 Å². The molecule has 22 heavy (non-hydrogen) atoms. The summed E-state index contributed by atoms with van der Waals surface area (Å²) >= 11 is 6.00. The first kappa shape index (κ1) is 17.2. The lowest BCUT2D eigenvalue weighted by molar-refractivity contribution is 0.0664. The highest BCUT2D eigenvalue weighted by atomic mass is 35.5. The molecule has 1 heterocycles. The number of nitrogens with zero attached hydrogens (tertiary/aromatic N) is 3. The number of benzene rings is 1. The lowest BCUT2D eigenvalue weighted by atomic mass is 10.2. The molecule has 2 rings (SSSR count). The normalized spacial score (nSPS) is 17.0. The molecule has 1 aromatic carbocycles. The van der Waals surface area contributed by atoms with E-state index in [0.717, 1.165) is 17.4 Å². The summed E-state index contributed by atoms with van der Waals surface area (Å²) in [6.07, 6.45) is 0. The molecule has 1 aromatic rings. The average Bonchev–Trinajstić information content (AvgIpc) is 2.47. The smallest absolute Gasteiger partial charge is 0.253 e. The summed E-state index contributed by atoms with van der Waals surface area (Å²) in [6, 6.07) is 4.39. The summed E-state index contributed by atoms with van der Waals surface area (Å²) in [5.41, 5.74) is 0.342. The lowest BCUT2D eigenvalue weighted by Crippen LogP contribution is -2.47. The van der Waals surface area contributed by atoms with Crippen LogP contribution in [0, 0.1) is 0 Å². The van der Waals surface area contributed by atoms with Crippen LogP contribution in [0.1, 0.15) is 10.4 Å². The molecule has 0 spiro atoms. The Balaban J connectivity index is 2.32. The first-order valence-corrected chi connectivity index (χ1v) is 8.75. The summed E-state index contributed by atoms with van der Waals surface area (Å²) < 4.78 is 25.6. The van der Waals surface area contributed by atoms with Gasteiger partial charge in [-0.05, 0) is 25.2 Å². The van der Waals surface area contributed by atoms with Crippen molar-refractivity contribution in [2.45, 2.75) is 4.90 Å². The Morgan fingerprint density at radius 3 is 2.32 bits per heavy atom. The molecule has 1 fully saturated rings. The van der Waals surface area contributed by atoms with Crippen molar-refractivity contribution in [1.29, 1.82) is 0 Å². The Morgan fingerprint density at radius 2 is 1.77 bits per heavy atom. The Labute approximate surface area is 136 Å². The summed E-state index contributed by atoms with van der Waals surface area (Å²) in [5, 5.41) is 0.114. The Kier molecular flexibility index (Phi) is 5.11. The molecule has 1 aliphatic rings. The van der Waals surface area contributed by atoms with Crippen LogP contribution in [0.25, 0.3) is 0 Å². The van der Waals surface area contributed by atoms with Crippen molar-refractivity contribution in [3.8, 4) is 0 Å². The first-order valence-electron chi connectivity index (χ1n) is 6.93. The Bertz CT molecular complexity index is 668. The van der Waals surface area contributed by atoms with Gasteiger partial charge in [0, 0.05) is 45.8 Å². The number of carbonyl (C=O) groups is 1. The van der Waals surface area contributed by atoms with E-state index in [4.69, 9.17) is 11.6 Å². The SMILES string of the molecule is CN1CCN(C(=O)c2ccc(Cl)c(S(=O)(=O)N(C)C)c2)CC1. The molecule has 0 N–H and O–H groups in total. The highest BCUT2D eigenvalue weighted by molar-refractivity contribution is 7.89. The molecule has 0 atom stereocenters. The van der Waals surface area contributed by atoms with E-state index in [1.807, 2.05) is 7.05 Å². The maximum Gasteiger partial charge on any atom is 0.253 e. The maximum atomic E-state index is 12.5. The van der Waals surface area contributed by atoms with Crippen LogP contribution in [0.5, 0.6) is 0 Å². The standard InChI is InChI=1S/C14H20ClN3O3S/c1-16(2)22(20,21)13-10-11(4-5-12(13)15)14(19)18-8-6-17(3)7-9-18/h4-5,10H,6-9H2,1-3H3. The van der Waals surface area contributed by atoms with Crippen LogP contribution in [0.2, 0.25) is 5.02 Å². The quantitative estimate of drug-likeness (QED) is 0.819. The fourth-order valence-electron chi connectivity index (χ4n) is 2.22. The van der Waals surface area contributed by atoms with Gasteiger partial charge < -0.3 is 9.80 Å². The number of likely N-dealkylation sites (N-methyl/N-ethyl adjacent to an activating group) is 1. The first-order chi connectivity index (χ1) is 10.2. The average molecular weight is 346 g/mol. The van der Waals surface area contributed by atoms with Crippen molar-refractivity contribution < 1.29 is 13.2 Å². The van der Waals surface area contributed by atoms with Crippen LogP contribution >= 0.6 is 11.6 Å². The van der Waals surface area contributed by atoms with Gasteiger partial charge in [0.1, 0.15) is 4.90 Å². The maximum absolute atomic E-state index is 12.5. The third-order valence-electron chi connectivity index (χ3n) is 3.73. The molecule has 6 nitrogen and oxygen atoms in total. The van der Waals surface area contributed by atoms with Crippen molar-refractivity contribution in [3.05, 3.63) is 28.8 Å². The number of sulfonamides is 1. The fourth-order valence-corrected chi connectivity index (χ4v) is 3.62. The molecule has 122 valence electrons. The molecule has 0 unspecified atom stereocenters. The van der Waals surface area contributed by atoms with Crippen LogP contribution in [-0.4, -0.2) is 75.8 Å². The van der Waals surface area contributed by atoms with Crippen LogP contribution in [0.4, 0.5) is 0 Å². The predicted octanol–water partition coefficient (Wildman–Crippen LogP) is 0.978. The predicted molar refractivity (Wildman–Crippen MR) is 85.7 cm³/mol. The topological polar surface area (TPSA) is 60.9 Å². The second-order valence-electron chi connectivity index (χ2n) is 5.53. The number of carbonyl (C=O) groups excluding carboxylic acids is 1. The molecular formula is C14H20ClN3O3S. The minimum atomic E-state index is -3.68. The number of hydrogen-bond donors (Lipinski definition) is 0. The number of halogens is 1. The lowest BCUT2D eigenvalue weighted by Gasteiger charge is -2.32. The molecule has 0 aliphatic carbocycles. The van der Waals surface area contributed by atoms with Gasteiger partial charge in [0.15, 0.2) is 0 Å². The van der Waals surface area contributed by atoms with E-state index in [0.29, 0.717) is 18.7 Å². The van der Waals surface area contributed by atoms with Crippen LogP contribution < -0.4 is 0 Å². The number of piperazine rings is 1. The summed E-state index contributed by atoms with van der Waals surface area (Å²) in [5.74, 6) is -0.167.